The quantitative estimate of drug-likeness (QED) is 0.837. The van der Waals surface area contributed by atoms with Crippen LogP contribution in [0.2, 0.25) is 0 Å². The lowest BCUT2D eigenvalue weighted by atomic mass is 9.92. The SMILES string of the molecule is CCCc1cc(NC2CCC(N)CC2)ncn1. The molecule has 1 aromatic heterocycles. The standard InChI is InChI=1S/C13H22N4/c1-2-3-12-8-13(16-9-15-12)17-11-6-4-10(14)5-7-11/h8-11H,2-7,14H2,1H3,(H,15,16,17). The fourth-order valence-electron chi connectivity index (χ4n) is 2.34. The van der Waals surface area contributed by atoms with E-state index in [2.05, 4.69) is 28.3 Å². The van der Waals surface area contributed by atoms with E-state index in [1.807, 2.05) is 0 Å². The third kappa shape index (κ3) is 3.66. The summed E-state index contributed by atoms with van der Waals surface area (Å²) < 4.78 is 0. The Balaban J connectivity index is 1.91. The number of nitrogens with one attached hydrogen (secondary N) is 1. The van der Waals surface area contributed by atoms with E-state index in [4.69, 9.17) is 5.73 Å². The van der Waals surface area contributed by atoms with Gasteiger partial charge in [-0.1, -0.05) is 13.3 Å². The van der Waals surface area contributed by atoms with Crippen LogP contribution in [-0.2, 0) is 6.42 Å². The molecule has 1 aliphatic rings. The molecule has 1 aromatic rings. The van der Waals surface area contributed by atoms with E-state index in [9.17, 15) is 0 Å². The minimum atomic E-state index is 0.397. The normalized spacial score (nSPS) is 24.6. The number of anilines is 1. The van der Waals surface area contributed by atoms with Crippen molar-refractivity contribution in [2.24, 2.45) is 5.73 Å². The van der Waals surface area contributed by atoms with Crippen LogP contribution in [-0.4, -0.2) is 22.1 Å². The number of hydrogen-bond acceptors (Lipinski definition) is 4. The summed E-state index contributed by atoms with van der Waals surface area (Å²) in [5.74, 6) is 0.962. The average Bonchev–Trinajstić information content (AvgIpc) is 2.33. The Morgan fingerprint density at radius 3 is 2.76 bits per heavy atom. The maximum Gasteiger partial charge on any atom is 0.129 e. The molecule has 0 aliphatic heterocycles. The monoisotopic (exact) mass is 234 g/mol. The Morgan fingerprint density at radius 1 is 1.29 bits per heavy atom. The summed E-state index contributed by atoms with van der Waals surface area (Å²) in [4.78, 5) is 8.54. The summed E-state index contributed by atoms with van der Waals surface area (Å²) in [5.41, 5.74) is 7.02. The highest BCUT2D eigenvalue weighted by Crippen LogP contribution is 2.20. The van der Waals surface area contributed by atoms with E-state index in [1.54, 1.807) is 6.33 Å². The van der Waals surface area contributed by atoms with Crippen molar-refractivity contribution in [1.29, 1.82) is 0 Å². The summed E-state index contributed by atoms with van der Waals surface area (Å²) in [7, 11) is 0. The summed E-state index contributed by atoms with van der Waals surface area (Å²) in [6.45, 7) is 2.16. The summed E-state index contributed by atoms with van der Waals surface area (Å²) in [6.07, 6.45) is 8.32. The van der Waals surface area contributed by atoms with Crippen LogP contribution in [0.5, 0.6) is 0 Å². The molecule has 0 bridgehead atoms. The Labute approximate surface area is 103 Å². The van der Waals surface area contributed by atoms with Crippen LogP contribution in [0.4, 0.5) is 5.82 Å². The first-order valence-corrected chi connectivity index (χ1v) is 6.61. The smallest absolute Gasteiger partial charge is 0.129 e. The van der Waals surface area contributed by atoms with Gasteiger partial charge in [0.05, 0.1) is 0 Å². The van der Waals surface area contributed by atoms with Gasteiger partial charge >= 0.3 is 0 Å². The van der Waals surface area contributed by atoms with Crippen molar-refractivity contribution in [3.63, 3.8) is 0 Å². The van der Waals surface area contributed by atoms with Crippen LogP contribution >= 0.6 is 0 Å². The van der Waals surface area contributed by atoms with E-state index in [1.165, 1.54) is 0 Å². The zero-order valence-corrected chi connectivity index (χ0v) is 10.5. The number of nitrogens with two attached hydrogens (primary N) is 1. The van der Waals surface area contributed by atoms with Gasteiger partial charge in [-0.25, -0.2) is 9.97 Å². The van der Waals surface area contributed by atoms with Crippen LogP contribution in [0.25, 0.3) is 0 Å². The number of hydrogen-bond donors (Lipinski definition) is 2. The van der Waals surface area contributed by atoms with Gasteiger partial charge in [-0.05, 0) is 32.1 Å². The first kappa shape index (κ1) is 12.3. The maximum absolute atomic E-state index is 5.90. The molecular weight excluding hydrogens is 212 g/mol. The minimum absolute atomic E-state index is 0.397. The highest BCUT2D eigenvalue weighted by atomic mass is 15.0. The summed E-state index contributed by atoms with van der Waals surface area (Å²) in [6, 6.07) is 2.99. The van der Waals surface area contributed by atoms with E-state index in [-0.39, 0.29) is 0 Å². The first-order chi connectivity index (χ1) is 8.28. The molecule has 2 rings (SSSR count). The zero-order chi connectivity index (χ0) is 12.1. The van der Waals surface area contributed by atoms with Crippen LogP contribution in [0.15, 0.2) is 12.4 Å². The van der Waals surface area contributed by atoms with Gasteiger partial charge in [0, 0.05) is 23.8 Å². The molecule has 3 N–H and O–H groups in total. The Morgan fingerprint density at radius 2 is 2.06 bits per heavy atom. The Bertz CT molecular complexity index is 345. The van der Waals surface area contributed by atoms with Crippen molar-refractivity contribution in [2.75, 3.05) is 5.32 Å². The Kier molecular flexibility index (Phi) is 4.31. The fourth-order valence-corrected chi connectivity index (χ4v) is 2.34. The van der Waals surface area contributed by atoms with Crippen LogP contribution in [0.3, 0.4) is 0 Å². The largest absolute Gasteiger partial charge is 0.367 e. The lowest BCUT2D eigenvalue weighted by molar-refractivity contribution is 0.410. The molecule has 0 aromatic carbocycles. The van der Waals surface area contributed by atoms with Gasteiger partial charge in [-0.2, -0.15) is 0 Å². The lowest BCUT2D eigenvalue weighted by Crippen LogP contribution is -2.33. The van der Waals surface area contributed by atoms with Crippen molar-refractivity contribution < 1.29 is 0 Å². The van der Waals surface area contributed by atoms with Crippen LogP contribution < -0.4 is 11.1 Å². The molecule has 0 saturated heterocycles. The van der Waals surface area contributed by atoms with Gasteiger partial charge in [-0.3, -0.25) is 0 Å². The molecule has 0 amide bonds. The maximum atomic E-state index is 5.90. The van der Waals surface area contributed by atoms with E-state index >= 15 is 0 Å². The average molecular weight is 234 g/mol. The fraction of sp³-hybridized carbons (Fsp3) is 0.692. The minimum Gasteiger partial charge on any atom is -0.367 e. The van der Waals surface area contributed by atoms with Gasteiger partial charge in [0.2, 0.25) is 0 Å². The molecule has 4 nitrogen and oxygen atoms in total. The molecule has 1 saturated carbocycles. The second kappa shape index (κ2) is 5.96. The highest BCUT2D eigenvalue weighted by Gasteiger charge is 2.18. The second-order valence-electron chi connectivity index (χ2n) is 4.90. The molecule has 17 heavy (non-hydrogen) atoms. The summed E-state index contributed by atoms with van der Waals surface area (Å²) >= 11 is 0. The van der Waals surface area contributed by atoms with Crippen molar-refractivity contribution in [1.82, 2.24) is 9.97 Å². The molecule has 1 heterocycles. The first-order valence-electron chi connectivity index (χ1n) is 6.61. The molecule has 0 atom stereocenters. The predicted octanol–water partition coefficient (Wildman–Crippen LogP) is 2.11. The van der Waals surface area contributed by atoms with Gasteiger partial charge in [0.1, 0.15) is 12.1 Å². The number of nitrogens with zero attached hydrogens (tertiary/aromatic N) is 2. The van der Waals surface area contributed by atoms with Gasteiger partial charge in [0.15, 0.2) is 0 Å². The predicted molar refractivity (Wildman–Crippen MR) is 69.9 cm³/mol. The van der Waals surface area contributed by atoms with Crippen molar-refractivity contribution in [3.05, 3.63) is 18.1 Å². The number of aryl methyl sites for hydroxylation is 1. The lowest BCUT2D eigenvalue weighted by Gasteiger charge is -2.27. The van der Waals surface area contributed by atoms with Crippen molar-refractivity contribution in [3.8, 4) is 0 Å². The molecule has 94 valence electrons. The molecular formula is C13H22N4. The Hall–Kier alpha value is -1.16. The van der Waals surface area contributed by atoms with Crippen LogP contribution in [0, 0.1) is 0 Å². The van der Waals surface area contributed by atoms with Crippen molar-refractivity contribution in [2.45, 2.75) is 57.5 Å². The van der Waals surface area contributed by atoms with E-state index < -0.39 is 0 Å². The third-order valence-electron chi connectivity index (χ3n) is 3.35. The topological polar surface area (TPSA) is 63.8 Å². The molecule has 1 fully saturated rings. The van der Waals surface area contributed by atoms with E-state index in [0.717, 1.165) is 50.0 Å². The molecule has 1 aliphatic carbocycles. The third-order valence-corrected chi connectivity index (χ3v) is 3.35. The molecule has 0 spiro atoms. The van der Waals surface area contributed by atoms with Gasteiger partial charge in [0.25, 0.3) is 0 Å². The van der Waals surface area contributed by atoms with Gasteiger partial charge in [-0.15, -0.1) is 0 Å². The zero-order valence-electron chi connectivity index (χ0n) is 10.5. The number of aromatic nitrogens is 2. The van der Waals surface area contributed by atoms with Crippen molar-refractivity contribution >= 4 is 5.82 Å². The summed E-state index contributed by atoms with van der Waals surface area (Å²) in [5, 5.41) is 3.49. The van der Waals surface area contributed by atoms with Gasteiger partial charge < -0.3 is 11.1 Å². The number of rotatable bonds is 4. The second-order valence-corrected chi connectivity index (χ2v) is 4.90. The highest BCUT2D eigenvalue weighted by molar-refractivity contribution is 5.36. The molecule has 0 unspecified atom stereocenters. The van der Waals surface area contributed by atoms with Crippen LogP contribution in [0.1, 0.15) is 44.7 Å². The van der Waals surface area contributed by atoms with E-state index in [0.29, 0.717) is 12.1 Å². The molecule has 4 heteroatoms. The molecule has 0 radical (unpaired) electrons.